The first-order chi connectivity index (χ1) is 11.8. The molecule has 0 amide bonds. The molecule has 0 N–H and O–H groups in total. The number of rotatable bonds is 4. The van der Waals surface area contributed by atoms with Gasteiger partial charge in [-0.25, -0.2) is 0 Å². The second-order valence-electron chi connectivity index (χ2n) is 9.47. The summed E-state index contributed by atoms with van der Waals surface area (Å²) in [6.07, 6.45) is 13.3. The number of fused-ring (bicyclic) bond motifs is 3. The first kappa shape index (κ1) is 19.2. The first-order valence-electron chi connectivity index (χ1n) is 9.82. The summed E-state index contributed by atoms with van der Waals surface area (Å²) in [6.45, 7) is 11.9. The van der Waals surface area contributed by atoms with Gasteiger partial charge in [0.25, 0.3) is 0 Å². The number of allylic oxidation sites excluding steroid dienone is 3. The van der Waals surface area contributed by atoms with Crippen LogP contribution in [0.3, 0.4) is 0 Å². The van der Waals surface area contributed by atoms with Gasteiger partial charge in [0.1, 0.15) is 5.33 Å². The molecule has 3 heteroatoms. The van der Waals surface area contributed by atoms with Gasteiger partial charge in [-0.15, -0.1) is 6.58 Å². The predicted octanol–water partition coefficient (Wildman–Crippen LogP) is 6.06. The van der Waals surface area contributed by atoms with E-state index in [-0.39, 0.29) is 22.2 Å². The van der Waals surface area contributed by atoms with Gasteiger partial charge in [0.15, 0.2) is 0 Å². The molecule has 2 fully saturated rings. The van der Waals surface area contributed by atoms with Crippen LogP contribution in [0.5, 0.6) is 0 Å². The molecule has 2 saturated carbocycles. The minimum atomic E-state index is -0.138. The number of ether oxygens (including phenoxy) is 1. The summed E-state index contributed by atoms with van der Waals surface area (Å²) in [5, 5.41) is 0.290. The SMILES string of the molecule is C=C[C@]1(C)CC=C2C(CCC3[C@@](C)(COC(=O)CBr)CCC[C@]23C)C1. The third-order valence-electron chi connectivity index (χ3n) is 7.62. The van der Waals surface area contributed by atoms with Gasteiger partial charge in [-0.2, -0.15) is 0 Å². The largest absolute Gasteiger partial charge is 0.464 e. The van der Waals surface area contributed by atoms with E-state index in [1.54, 1.807) is 5.57 Å². The molecule has 0 aliphatic heterocycles. The molecule has 0 aromatic carbocycles. The Morgan fingerprint density at radius 3 is 2.80 bits per heavy atom. The van der Waals surface area contributed by atoms with Gasteiger partial charge in [-0.1, -0.05) is 60.8 Å². The lowest BCUT2D eigenvalue weighted by atomic mass is 9.46. The molecule has 3 aliphatic carbocycles. The van der Waals surface area contributed by atoms with Gasteiger partial charge in [-0.05, 0) is 61.2 Å². The van der Waals surface area contributed by atoms with Crippen molar-refractivity contribution in [2.75, 3.05) is 11.9 Å². The second kappa shape index (κ2) is 6.87. The van der Waals surface area contributed by atoms with E-state index in [4.69, 9.17) is 4.74 Å². The van der Waals surface area contributed by atoms with Gasteiger partial charge in [0.2, 0.25) is 0 Å². The Labute approximate surface area is 161 Å². The smallest absolute Gasteiger partial charge is 0.316 e. The van der Waals surface area contributed by atoms with Crippen molar-refractivity contribution in [2.45, 2.75) is 65.7 Å². The number of hydrogen-bond acceptors (Lipinski definition) is 2. The molecule has 2 nitrogen and oxygen atoms in total. The van der Waals surface area contributed by atoms with E-state index in [1.807, 2.05) is 0 Å². The Bertz CT molecular complexity index is 583. The number of alkyl halides is 1. The molecule has 0 spiro atoms. The minimum Gasteiger partial charge on any atom is -0.464 e. The van der Waals surface area contributed by atoms with Gasteiger partial charge in [-0.3, -0.25) is 4.79 Å². The molecule has 0 aromatic rings. The maximum Gasteiger partial charge on any atom is 0.316 e. The van der Waals surface area contributed by atoms with Crippen molar-refractivity contribution in [3.63, 3.8) is 0 Å². The van der Waals surface area contributed by atoms with Crippen LogP contribution in [0.1, 0.15) is 65.7 Å². The van der Waals surface area contributed by atoms with Crippen molar-refractivity contribution in [1.29, 1.82) is 0 Å². The van der Waals surface area contributed by atoms with Crippen molar-refractivity contribution < 1.29 is 9.53 Å². The summed E-state index contributed by atoms with van der Waals surface area (Å²) < 4.78 is 5.60. The number of halogens is 1. The van der Waals surface area contributed by atoms with Gasteiger partial charge < -0.3 is 4.74 Å². The van der Waals surface area contributed by atoms with Crippen LogP contribution in [0.25, 0.3) is 0 Å². The van der Waals surface area contributed by atoms with Crippen molar-refractivity contribution in [2.24, 2.45) is 28.1 Å². The van der Waals surface area contributed by atoms with E-state index in [2.05, 4.69) is 55.4 Å². The molecule has 0 heterocycles. The summed E-state index contributed by atoms with van der Waals surface area (Å²) >= 11 is 3.21. The van der Waals surface area contributed by atoms with Crippen molar-refractivity contribution >= 4 is 21.9 Å². The monoisotopic (exact) mass is 408 g/mol. The Morgan fingerprint density at radius 1 is 1.36 bits per heavy atom. The molecule has 0 aromatic heterocycles. The summed E-state index contributed by atoms with van der Waals surface area (Å²) in [5.41, 5.74) is 2.36. The van der Waals surface area contributed by atoms with Crippen LogP contribution in [0.2, 0.25) is 0 Å². The first-order valence-corrected chi connectivity index (χ1v) is 10.9. The van der Waals surface area contributed by atoms with Crippen molar-refractivity contribution in [3.8, 4) is 0 Å². The van der Waals surface area contributed by atoms with E-state index in [0.29, 0.717) is 23.8 Å². The lowest BCUT2D eigenvalue weighted by molar-refractivity contribution is -0.149. The molecule has 140 valence electrons. The second-order valence-corrected chi connectivity index (χ2v) is 10.0. The van der Waals surface area contributed by atoms with Crippen LogP contribution < -0.4 is 0 Å². The molecular formula is C22H33BrO2. The number of carbonyl (C=O) groups is 1. The predicted molar refractivity (Wildman–Crippen MR) is 107 cm³/mol. The Morgan fingerprint density at radius 2 is 2.12 bits per heavy atom. The number of hydrogen-bond donors (Lipinski definition) is 0. The fourth-order valence-corrected chi connectivity index (χ4v) is 6.37. The molecule has 2 unspecified atom stereocenters. The average molecular weight is 409 g/mol. The zero-order valence-electron chi connectivity index (χ0n) is 16.1. The average Bonchev–Trinajstić information content (AvgIpc) is 2.59. The molecule has 0 radical (unpaired) electrons. The molecular weight excluding hydrogens is 376 g/mol. The normalized spacial score (nSPS) is 43.4. The third-order valence-corrected chi connectivity index (χ3v) is 8.08. The van der Waals surface area contributed by atoms with Crippen molar-refractivity contribution in [3.05, 3.63) is 24.3 Å². The zero-order chi connectivity index (χ0) is 18.3. The fraction of sp³-hybridized carbons (Fsp3) is 0.773. The molecule has 25 heavy (non-hydrogen) atoms. The highest BCUT2D eigenvalue weighted by Crippen LogP contribution is 2.63. The van der Waals surface area contributed by atoms with Crippen LogP contribution in [0, 0.1) is 28.1 Å². The Hall–Kier alpha value is -0.570. The molecule has 0 bridgehead atoms. The summed E-state index contributed by atoms with van der Waals surface area (Å²) in [5.74, 6) is 1.19. The van der Waals surface area contributed by atoms with E-state index >= 15 is 0 Å². The van der Waals surface area contributed by atoms with E-state index < -0.39 is 0 Å². The maximum absolute atomic E-state index is 11.7. The van der Waals surface area contributed by atoms with E-state index in [1.165, 1.54) is 38.5 Å². The molecule has 3 rings (SSSR count). The molecule has 5 atom stereocenters. The summed E-state index contributed by atoms with van der Waals surface area (Å²) in [7, 11) is 0. The van der Waals surface area contributed by atoms with E-state index in [9.17, 15) is 4.79 Å². The minimum absolute atomic E-state index is 0.107. The maximum atomic E-state index is 11.7. The van der Waals surface area contributed by atoms with Gasteiger partial charge in [0, 0.05) is 5.41 Å². The van der Waals surface area contributed by atoms with Gasteiger partial charge in [0.05, 0.1) is 6.61 Å². The summed E-state index contributed by atoms with van der Waals surface area (Å²) in [4.78, 5) is 11.7. The topological polar surface area (TPSA) is 26.3 Å². The van der Waals surface area contributed by atoms with Gasteiger partial charge >= 0.3 is 5.97 Å². The Balaban J connectivity index is 1.86. The zero-order valence-corrected chi connectivity index (χ0v) is 17.7. The number of esters is 1. The highest BCUT2D eigenvalue weighted by Gasteiger charge is 2.55. The lowest BCUT2D eigenvalue weighted by Gasteiger charge is -2.59. The van der Waals surface area contributed by atoms with Crippen LogP contribution in [-0.2, 0) is 9.53 Å². The standard InChI is InChI=1S/C22H33BrO2/c1-5-20(2)12-9-17-16(13-20)7-8-18-21(3,15-25-19(24)14-23)10-6-11-22(17,18)4/h5,9,16,18H,1,6-8,10-15H2,2-4H3/t16?,18?,20-,21-,22-/m1/s1. The van der Waals surface area contributed by atoms with Crippen LogP contribution >= 0.6 is 15.9 Å². The van der Waals surface area contributed by atoms with E-state index in [0.717, 1.165) is 6.42 Å². The number of carbonyl (C=O) groups excluding carboxylic acids is 1. The van der Waals surface area contributed by atoms with Crippen LogP contribution in [0.4, 0.5) is 0 Å². The molecule has 3 aliphatic rings. The third kappa shape index (κ3) is 3.38. The molecule has 0 saturated heterocycles. The fourth-order valence-electron chi connectivity index (χ4n) is 6.20. The van der Waals surface area contributed by atoms with Crippen LogP contribution in [-0.4, -0.2) is 17.9 Å². The quantitative estimate of drug-likeness (QED) is 0.321. The highest BCUT2D eigenvalue weighted by molar-refractivity contribution is 9.09. The van der Waals surface area contributed by atoms with Crippen molar-refractivity contribution in [1.82, 2.24) is 0 Å². The van der Waals surface area contributed by atoms with Crippen LogP contribution in [0.15, 0.2) is 24.3 Å². The Kier molecular flexibility index (Phi) is 5.27. The highest BCUT2D eigenvalue weighted by atomic mass is 79.9. The summed E-state index contributed by atoms with van der Waals surface area (Å²) in [6, 6.07) is 0. The lowest BCUT2D eigenvalue weighted by Crippen LogP contribution is -2.51.